The smallest absolute Gasteiger partial charge is 0.250 e. The molecule has 1 aromatic carbocycles. The highest BCUT2D eigenvalue weighted by Gasteiger charge is 2.38. The Morgan fingerprint density at radius 2 is 1.69 bits per heavy atom. The maximum Gasteiger partial charge on any atom is 0.250 e. The average molecular weight is 253 g/mol. The van der Waals surface area contributed by atoms with Crippen LogP contribution in [-0.4, -0.2) is 18.6 Å². The summed E-state index contributed by atoms with van der Waals surface area (Å²) in [6, 6.07) is 6.59. The van der Waals surface area contributed by atoms with E-state index in [2.05, 4.69) is 59.0 Å². The van der Waals surface area contributed by atoms with Crippen molar-refractivity contribution in [3.63, 3.8) is 0 Å². The highest BCUT2D eigenvalue weighted by atomic mass is 28.4. The molecule has 0 atom stereocenters. The molecule has 3 heteroatoms. The lowest BCUT2D eigenvalue weighted by Gasteiger charge is -2.36. The van der Waals surface area contributed by atoms with Crippen LogP contribution in [0, 0.1) is 6.92 Å². The fourth-order valence-electron chi connectivity index (χ4n) is 1.44. The minimum absolute atomic E-state index is 0.266. The van der Waals surface area contributed by atoms with E-state index >= 15 is 0 Å². The Morgan fingerprint density at radius 3 is 2.12 bits per heavy atom. The van der Waals surface area contributed by atoms with Gasteiger partial charge in [0.15, 0.2) is 0 Å². The van der Waals surface area contributed by atoms with Gasteiger partial charge in [-0.1, -0.05) is 32.0 Å². The number of rotatable bonds is 2. The molecular weight excluding hydrogens is 228 g/mol. The van der Waals surface area contributed by atoms with Crippen molar-refractivity contribution in [1.29, 1.82) is 0 Å². The molecule has 0 spiro atoms. The van der Waals surface area contributed by atoms with Gasteiger partial charge in [-0.3, -0.25) is 0 Å². The minimum Gasteiger partial charge on any atom is -0.543 e. The lowest BCUT2D eigenvalue weighted by molar-refractivity contribution is 0.492. The number of aryl methyl sites for hydroxylation is 1. The third-order valence-electron chi connectivity index (χ3n) is 3.37. The van der Waals surface area contributed by atoms with Crippen LogP contribution in [0.4, 0.5) is 0 Å². The lowest BCUT2D eigenvalue weighted by Crippen LogP contribution is -2.44. The Labute approximate surface area is 104 Å². The second-order valence-electron chi connectivity index (χ2n) is 6.19. The van der Waals surface area contributed by atoms with Crippen LogP contribution in [0.2, 0.25) is 18.1 Å². The molecule has 0 saturated heterocycles. The van der Waals surface area contributed by atoms with Gasteiger partial charge in [-0.25, -0.2) is 0 Å². The molecule has 1 nitrogen and oxygen atoms in total. The zero-order valence-electron chi connectivity index (χ0n) is 11.6. The lowest BCUT2D eigenvalue weighted by atomic mass is 10.2. The summed E-state index contributed by atoms with van der Waals surface area (Å²) < 4.78 is 6.29. The average Bonchev–Trinajstić information content (AvgIpc) is 1.97. The Kier molecular flexibility index (Phi) is 3.70. The molecule has 0 radical (unpaired) electrons. The maximum atomic E-state index is 6.29. The summed E-state index contributed by atoms with van der Waals surface area (Å²) in [5, 5.41) is 1.68. The van der Waals surface area contributed by atoms with Crippen LogP contribution in [0.25, 0.3) is 0 Å². The normalized spacial score (nSPS) is 12.9. The summed E-state index contributed by atoms with van der Waals surface area (Å²) in [6.45, 7) is 13.5. The van der Waals surface area contributed by atoms with E-state index in [9.17, 15) is 0 Å². The van der Waals surface area contributed by atoms with Gasteiger partial charge in [0, 0.05) is 10.2 Å². The predicted molar refractivity (Wildman–Crippen MR) is 78.6 cm³/mol. The zero-order chi connectivity index (χ0) is 12.6. The van der Waals surface area contributed by atoms with Gasteiger partial charge in [-0.05, 0) is 42.8 Å². The molecule has 0 aliphatic heterocycles. The molecule has 0 saturated carbocycles. The number of hydrogen-bond acceptors (Lipinski definition) is 1. The van der Waals surface area contributed by atoms with Gasteiger partial charge in [-0.15, -0.1) is 0 Å². The molecule has 0 amide bonds. The van der Waals surface area contributed by atoms with Crippen LogP contribution in [-0.2, 0) is 0 Å². The molecule has 0 aliphatic rings. The van der Waals surface area contributed by atoms with Gasteiger partial charge in [0.05, 0.1) is 0 Å². The van der Waals surface area contributed by atoms with Crippen molar-refractivity contribution in [2.24, 2.45) is 0 Å². The van der Waals surface area contributed by atoms with Crippen LogP contribution >= 0.6 is 0 Å². The van der Waals surface area contributed by atoms with Crippen molar-refractivity contribution in [1.82, 2.24) is 0 Å². The summed E-state index contributed by atoms with van der Waals surface area (Å²) in [5.41, 5.74) is 1.31. The summed E-state index contributed by atoms with van der Waals surface area (Å²) in [5.74, 6) is 1.07. The zero-order valence-corrected chi connectivity index (χ0v) is 14.6. The first kappa shape index (κ1) is 13.5. The molecule has 0 aromatic heterocycles. The SMILES string of the molecule is Cc1cc([SiH3])cc(O[Si](C)(C)C(C)(C)C)c1. The van der Waals surface area contributed by atoms with Gasteiger partial charge < -0.3 is 4.43 Å². The van der Waals surface area contributed by atoms with Crippen LogP contribution in [0.15, 0.2) is 18.2 Å². The second kappa shape index (κ2) is 4.37. The Hall–Kier alpha value is -0.546. The molecule has 16 heavy (non-hydrogen) atoms. The summed E-state index contributed by atoms with van der Waals surface area (Å²) >= 11 is 0. The Bertz CT molecular complexity index is 358. The first-order valence-corrected chi connectivity index (χ1v) is 9.80. The summed E-state index contributed by atoms with van der Waals surface area (Å²) in [6.07, 6.45) is 0. The van der Waals surface area contributed by atoms with Gasteiger partial charge in [-0.2, -0.15) is 0 Å². The van der Waals surface area contributed by atoms with Gasteiger partial charge in [0.2, 0.25) is 8.32 Å². The van der Waals surface area contributed by atoms with E-state index in [1.54, 1.807) is 0 Å². The van der Waals surface area contributed by atoms with Crippen LogP contribution in [0.5, 0.6) is 5.75 Å². The number of benzene rings is 1. The molecule has 0 fully saturated rings. The van der Waals surface area contributed by atoms with E-state index in [-0.39, 0.29) is 5.04 Å². The van der Waals surface area contributed by atoms with Crippen molar-refractivity contribution in [2.75, 3.05) is 0 Å². The third kappa shape index (κ3) is 3.22. The third-order valence-corrected chi connectivity index (χ3v) is 8.31. The van der Waals surface area contributed by atoms with Crippen LogP contribution in [0.1, 0.15) is 26.3 Å². The molecule has 1 rings (SSSR count). The van der Waals surface area contributed by atoms with Crippen LogP contribution in [0.3, 0.4) is 0 Å². The fourth-order valence-corrected chi connectivity index (χ4v) is 3.19. The topological polar surface area (TPSA) is 9.23 Å². The standard InChI is InChI=1S/C13H24OSi2/c1-10-7-11(9-12(15)8-10)14-16(5,6)13(2,3)4/h7-9H,1-6,15H3. The molecule has 0 aliphatic carbocycles. The van der Waals surface area contributed by atoms with E-state index < -0.39 is 8.32 Å². The van der Waals surface area contributed by atoms with Crippen molar-refractivity contribution in [3.8, 4) is 5.75 Å². The summed E-state index contributed by atoms with van der Waals surface area (Å²) in [7, 11) is -0.589. The van der Waals surface area contributed by atoms with Crippen molar-refractivity contribution >= 4 is 23.7 Å². The van der Waals surface area contributed by atoms with E-state index in [4.69, 9.17) is 4.43 Å². The molecule has 0 N–H and O–H groups in total. The van der Waals surface area contributed by atoms with Gasteiger partial charge in [0.25, 0.3) is 0 Å². The van der Waals surface area contributed by atoms with E-state index in [1.165, 1.54) is 10.8 Å². The molecular formula is C13H24OSi2. The van der Waals surface area contributed by atoms with Crippen molar-refractivity contribution < 1.29 is 4.43 Å². The molecule has 90 valence electrons. The molecule has 1 aromatic rings. The van der Waals surface area contributed by atoms with Gasteiger partial charge >= 0.3 is 0 Å². The van der Waals surface area contributed by atoms with Crippen molar-refractivity contribution in [3.05, 3.63) is 23.8 Å². The maximum absolute atomic E-state index is 6.29. The highest BCUT2D eigenvalue weighted by Crippen LogP contribution is 2.37. The van der Waals surface area contributed by atoms with E-state index in [1.807, 2.05) is 0 Å². The summed E-state index contributed by atoms with van der Waals surface area (Å²) in [4.78, 5) is 0. The van der Waals surface area contributed by atoms with E-state index in [0.29, 0.717) is 0 Å². The fraction of sp³-hybridized carbons (Fsp3) is 0.538. The first-order chi connectivity index (χ1) is 7.12. The molecule has 0 unspecified atom stereocenters. The largest absolute Gasteiger partial charge is 0.543 e. The highest BCUT2D eigenvalue weighted by molar-refractivity contribution is 6.74. The minimum atomic E-state index is -1.68. The van der Waals surface area contributed by atoms with E-state index in [0.717, 1.165) is 16.0 Å². The number of hydrogen-bond donors (Lipinski definition) is 0. The quantitative estimate of drug-likeness (QED) is 0.734. The van der Waals surface area contributed by atoms with Crippen LogP contribution < -0.4 is 9.61 Å². The molecule has 0 heterocycles. The second-order valence-corrected chi connectivity index (χ2v) is 12.1. The predicted octanol–water partition coefficient (Wildman–Crippen LogP) is 2.37. The molecule has 0 bridgehead atoms. The Balaban J connectivity index is 2.96. The van der Waals surface area contributed by atoms with Crippen molar-refractivity contribution in [2.45, 2.75) is 45.8 Å². The Morgan fingerprint density at radius 1 is 1.12 bits per heavy atom. The van der Waals surface area contributed by atoms with Gasteiger partial charge in [0.1, 0.15) is 5.75 Å². The first-order valence-electron chi connectivity index (χ1n) is 5.89. The monoisotopic (exact) mass is 252 g/mol.